The highest BCUT2D eigenvalue weighted by Gasteiger charge is 1.98. The molecular weight excluding hydrogens is 217 g/mol. The number of carbonyl (C=O) groups excluding carboxylic acids is 1. The van der Waals surface area contributed by atoms with Crippen molar-refractivity contribution < 1.29 is 4.79 Å². The zero-order chi connectivity index (χ0) is 7.56. The Morgan fingerprint density at radius 3 is 2.90 bits per heavy atom. The first kappa shape index (κ1) is 7.69. The highest BCUT2D eigenvalue weighted by molar-refractivity contribution is 9.10. The Morgan fingerprint density at radius 1 is 1.70 bits per heavy atom. The summed E-state index contributed by atoms with van der Waals surface area (Å²) < 4.78 is 0.610. The van der Waals surface area contributed by atoms with Crippen LogP contribution in [0.5, 0.6) is 0 Å². The van der Waals surface area contributed by atoms with Gasteiger partial charge < -0.3 is 0 Å². The minimum absolute atomic E-state index is 0.373. The molecule has 1 heterocycles. The van der Waals surface area contributed by atoms with Crippen LogP contribution in [0.4, 0.5) is 0 Å². The number of hydrogen-bond donors (Lipinski definition) is 0. The molecule has 1 aromatic rings. The number of aldehydes is 1. The SMILES string of the molecule is O=Cc1cc(Br)ncc1Cl. The van der Waals surface area contributed by atoms with Gasteiger partial charge in [0.25, 0.3) is 0 Å². The van der Waals surface area contributed by atoms with E-state index in [0.29, 0.717) is 21.5 Å². The molecule has 0 aliphatic rings. The quantitative estimate of drug-likeness (QED) is 0.537. The van der Waals surface area contributed by atoms with Gasteiger partial charge in [-0.2, -0.15) is 0 Å². The van der Waals surface area contributed by atoms with Crippen LogP contribution in [-0.2, 0) is 0 Å². The number of nitrogens with zero attached hydrogens (tertiary/aromatic N) is 1. The largest absolute Gasteiger partial charge is 0.298 e. The molecule has 0 saturated heterocycles. The third-order valence-corrected chi connectivity index (χ3v) is 1.73. The van der Waals surface area contributed by atoms with E-state index in [9.17, 15) is 4.79 Å². The number of aromatic nitrogens is 1. The van der Waals surface area contributed by atoms with Gasteiger partial charge in [0, 0.05) is 11.8 Å². The molecule has 0 aromatic carbocycles. The third-order valence-electron chi connectivity index (χ3n) is 0.979. The van der Waals surface area contributed by atoms with Crippen molar-refractivity contribution in [1.82, 2.24) is 4.98 Å². The van der Waals surface area contributed by atoms with Crippen LogP contribution in [0.2, 0.25) is 5.02 Å². The Morgan fingerprint density at radius 2 is 2.40 bits per heavy atom. The second-order valence-corrected chi connectivity index (χ2v) is 2.87. The predicted molar refractivity (Wildman–Crippen MR) is 42.3 cm³/mol. The normalized spacial score (nSPS) is 9.40. The smallest absolute Gasteiger partial charge is 0.151 e. The van der Waals surface area contributed by atoms with Crippen LogP contribution in [0.15, 0.2) is 16.9 Å². The summed E-state index contributed by atoms with van der Waals surface area (Å²) in [7, 11) is 0. The minimum Gasteiger partial charge on any atom is -0.298 e. The zero-order valence-corrected chi connectivity index (χ0v) is 7.19. The first-order chi connectivity index (χ1) is 4.74. The second-order valence-electron chi connectivity index (χ2n) is 1.65. The van der Waals surface area contributed by atoms with Crippen LogP contribution in [0, 0.1) is 0 Å². The molecule has 4 heteroatoms. The van der Waals surface area contributed by atoms with Gasteiger partial charge >= 0.3 is 0 Å². The molecule has 0 N–H and O–H groups in total. The molecule has 0 unspecified atom stereocenters. The van der Waals surface area contributed by atoms with Gasteiger partial charge in [0.15, 0.2) is 6.29 Å². The number of halogens is 2. The van der Waals surface area contributed by atoms with Gasteiger partial charge in [-0.3, -0.25) is 4.79 Å². The van der Waals surface area contributed by atoms with Crippen molar-refractivity contribution in [3.8, 4) is 0 Å². The number of rotatable bonds is 1. The Labute approximate surface area is 71.3 Å². The average Bonchev–Trinajstić information content (AvgIpc) is 1.94. The van der Waals surface area contributed by atoms with Crippen molar-refractivity contribution in [2.45, 2.75) is 0 Å². The fraction of sp³-hybridized carbons (Fsp3) is 0. The second kappa shape index (κ2) is 3.12. The van der Waals surface area contributed by atoms with E-state index in [-0.39, 0.29) is 0 Å². The van der Waals surface area contributed by atoms with Crippen molar-refractivity contribution in [1.29, 1.82) is 0 Å². The summed E-state index contributed by atoms with van der Waals surface area (Å²) in [5.74, 6) is 0. The van der Waals surface area contributed by atoms with Gasteiger partial charge in [-0.15, -0.1) is 0 Å². The molecule has 1 aromatic heterocycles. The van der Waals surface area contributed by atoms with Gasteiger partial charge in [-0.1, -0.05) is 11.6 Å². The van der Waals surface area contributed by atoms with E-state index in [1.807, 2.05) is 0 Å². The molecule has 0 spiro atoms. The van der Waals surface area contributed by atoms with Crippen molar-refractivity contribution >= 4 is 33.8 Å². The Balaban J connectivity index is 3.21. The molecule has 0 bridgehead atoms. The number of hydrogen-bond acceptors (Lipinski definition) is 2. The Bertz CT molecular complexity index is 264. The molecule has 0 amide bonds. The summed E-state index contributed by atoms with van der Waals surface area (Å²) in [5, 5.41) is 0.373. The van der Waals surface area contributed by atoms with Crippen LogP contribution in [0.1, 0.15) is 10.4 Å². The van der Waals surface area contributed by atoms with Gasteiger partial charge in [-0.25, -0.2) is 4.98 Å². The van der Waals surface area contributed by atoms with Crippen LogP contribution in [0.3, 0.4) is 0 Å². The number of carbonyl (C=O) groups is 1. The summed E-state index contributed by atoms with van der Waals surface area (Å²) >= 11 is 8.69. The monoisotopic (exact) mass is 219 g/mol. The van der Waals surface area contributed by atoms with Crippen molar-refractivity contribution in [3.05, 3.63) is 27.5 Å². The summed E-state index contributed by atoms with van der Waals surface area (Å²) in [4.78, 5) is 14.1. The predicted octanol–water partition coefficient (Wildman–Crippen LogP) is 2.31. The Kier molecular flexibility index (Phi) is 2.40. The fourth-order valence-corrected chi connectivity index (χ4v) is 1.01. The Hall–Kier alpha value is -0.410. The van der Waals surface area contributed by atoms with E-state index in [0.717, 1.165) is 0 Å². The van der Waals surface area contributed by atoms with Crippen LogP contribution in [-0.4, -0.2) is 11.3 Å². The topological polar surface area (TPSA) is 30.0 Å². The van der Waals surface area contributed by atoms with Crippen molar-refractivity contribution in [2.24, 2.45) is 0 Å². The molecule has 0 aliphatic heterocycles. The highest BCUT2D eigenvalue weighted by Crippen LogP contribution is 2.15. The highest BCUT2D eigenvalue weighted by atomic mass is 79.9. The lowest BCUT2D eigenvalue weighted by atomic mass is 10.3. The summed E-state index contributed by atoms with van der Waals surface area (Å²) in [6.07, 6.45) is 2.12. The molecule has 0 atom stereocenters. The standard InChI is InChI=1S/C6H3BrClNO/c7-6-1-4(3-10)5(8)2-9-6/h1-3H. The molecule has 10 heavy (non-hydrogen) atoms. The molecule has 52 valence electrons. The molecule has 2 nitrogen and oxygen atoms in total. The van der Waals surface area contributed by atoms with E-state index < -0.39 is 0 Å². The van der Waals surface area contributed by atoms with Crippen LogP contribution >= 0.6 is 27.5 Å². The molecule has 0 radical (unpaired) electrons. The van der Waals surface area contributed by atoms with Gasteiger partial charge in [0.05, 0.1) is 5.02 Å². The maximum atomic E-state index is 10.2. The molecule has 0 aliphatic carbocycles. The first-order valence-electron chi connectivity index (χ1n) is 2.50. The first-order valence-corrected chi connectivity index (χ1v) is 3.67. The molecule has 1 rings (SSSR count). The summed E-state index contributed by atoms with van der Waals surface area (Å²) in [6.45, 7) is 0. The maximum absolute atomic E-state index is 10.2. The van der Waals surface area contributed by atoms with E-state index in [1.165, 1.54) is 6.20 Å². The lowest BCUT2D eigenvalue weighted by Crippen LogP contribution is -1.83. The van der Waals surface area contributed by atoms with E-state index in [1.54, 1.807) is 6.07 Å². The number of pyridine rings is 1. The van der Waals surface area contributed by atoms with Gasteiger partial charge in [0.2, 0.25) is 0 Å². The van der Waals surface area contributed by atoms with Crippen LogP contribution < -0.4 is 0 Å². The maximum Gasteiger partial charge on any atom is 0.151 e. The molecule has 0 fully saturated rings. The molecular formula is C6H3BrClNO. The van der Waals surface area contributed by atoms with Crippen molar-refractivity contribution in [3.63, 3.8) is 0 Å². The average molecular weight is 220 g/mol. The lowest BCUT2D eigenvalue weighted by Gasteiger charge is -1.93. The van der Waals surface area contributed by atoms with E-state index in [2.05, 4.69) is 20.9 Å². The summed E-state index contributed by atoms with van der Waals surface area (Å²) in [5.41, 5.74) is 0.448. The van der Waals surface area contributed by atoms with E-state index in [4.69, 9.17) is 11.6 Å². The van der Waals surface area contributed by atoms with Gasteiger partial charge in [0.1, 0.15) is 4.60 Å². The van der Waals surface area contributed by atoms with Gasteiger partial charge in [-0.05, 0) is 22.0 Å². The third kappa shape index (κ3) is 1.55. The zero-order valence-electron chi connectivity index (χ0n) is 4.84. The summed E-state index contributed by atoms with van der Waals surface area (Å²) in [6, 6.07) is 1.56. The van der Waals surface area contributed by atoms with Crippen LogP contribution in [0.25, 0.3) is 0 Å². The van der Waals surface area contributed by atoms with E-state index >= 15 is 0 Å². The van der Waals surface area contributed by atoms with Crippen molar-refractivity contribution in [2.75, 3.05) is 0 Å². The fourth-order valence-electron chi connectivity index (χ4n) is 0.518. The lowest BCUT2D eigenvalue weighted by molar-refractivity contribution is 0.112. The molecule has 0 saturated carbocycles. The minimum atomic E-state index is 0.373.